The second-order valence-corrected chi connectivity index (χ2v) is 4.99. The number of nitrogens with one attached hydrogen (secondary N) is 1. The van der Waals surface area contributed by atoms with E-state index in [1.807, 2.05) is 20.8 Å². The molecule has 4 heteroatoms. The maximum absolute atomic E-state index is 13.8. The molecule has 96 valence electrons. The minimum absolute atomic E-state index is 0.129. The molecule has 0 saturated carbocycles. The van der Waals surface area contributed by atoms with Crippen LogP contribution in [0.2, 0.25) is 0 Å². The average molecular weight is 243 g/mol. The maximum Gasteiger partial charge on any atom is 0.165 e. The summed E-state index contributed by atoms with van der Waals surface area (Å²) in [5.41, 5.74) is 0.162. The van der Waals surface area contributed by atoms with Gasteiger partial charge in [-0.2, -0.15) is 0 Å². The zero-order valence-electron chi connectivity index (χ0n) is 10.7. The topological polar surface area (TPSA) is 21.3 Å². The van der Waals surface area contributed by atoms with Crippen LogP contribution in [0.25, 0.3) is 0 Å². The molecule has 0 aliphatic heterocycles. The van der Waals surface area contributed by atoms with Crippen molar-refractivity contribution in [1.29, 1.82) is 0 Å². The monoisotopic (exact) mass is 243 g/mol. The molecule has 0 spiro atoms. The summed E-state index contributed by atoms with van der Waals surface area (Å²) in [5.74, 6) is -0.409. The van der Waals surface area contributed by atoms with Gasteiger partial charge in [0.2, 0.25) is 0 Å². The number of alkyl halides is 1. The van der Waals surface area contributed by atoms with E-state index < -0.39 is 12.0 Å². The quantitative estimate of drug-likeness (QED) is 0.876. The minimum Gasteiger partial charge on any atom is -0.494 e. The molecule has 0 amide bonds. The van der Waals surface area contributed by atoms with E-state index in [1.54, 1.807) is 0 Å². The maximum atomic E-state index is 13.8. The molecule has 1 N–H and O–H groups in total. The van der Waals surface area contributed by atoms with E-state index in [4.69, 9.17) is 4.74 Å². The number of ether oxygens (including phenoxy) is 1. The zero-order valence-corrected chi connectivity index (χ0v) is 10.7. The SMILES string of the molecule is COc1ccc(C(F)CNC(C)(C)C)cc1F. The largest absolute Gasteiger partial charge is 0.494 e. The minimum atomic E-state index is -1.23. The van der Waals surface area contributed by atoms with Gasteiger partial charge in [-0.05, 0) is 38.5 Å². The van der Waals surface area contributed by atoms with Crippen molar-refractivity contribution in [2.24, 2.45) is 0 Å². The fraction of sp³-hybridized carbons (Fsp3) is 0.538. The third-order valence-electron chi connectivity index (χ3n) is 2.35. The van der Waals surface area contributed by atoms with Crippen LogP contribution in [-0.2, 0) is 0 Å². The molecule has 0 saturated heterocycles. The molecular formula is C13H19F2NO. The third kappa shape index (κ3) is 4.30. The highest BCUT2D eigenvalue weighted by Crippen LogP contribution is 2.23. The summed E-state index contributed by atoms with van der Waals surface area (Å²) in [5, 5.41) is 3.04. The molecule has 1 atom stereocenters. The van der Waals surface area contributed by atoms with E-state index in [2.05, 4.69) is 5.32 Å². The van der Waals surface area contributed by atoms with Gasteiger partial charge < -0.3 is 10.1 Å². The Labute approximate surface area is 101 Å². The fourth-order valence-corrected chi connectivity index (χ4v) is 1.39. The third-order valence-corrected chi connectivity index (χ3v) is 2.35. The summed E-state index contributed by atoms with van der Waals surface area (Å²) in [6.45, 7) is 6.02. The van der Waals surface area contributed by atoms with Gasteiger partial charge in [-0.1, -0.05) is 6.07 Å². The molecule has 1 aromatic carbocycles. The van der Waals surface area contributed by atoms with E-state index >= 15 is 0 Å². The molecule has 0 bridgehead atoms. The lowest BCUT2D eigenvalue weighted by atomic mass is 10.1. The highest BCUT2D eigenvalue weighted by molar-refractivity contribution is 5.30. The number of rotatable bonds is 4. The second kappa shape index (κ2) is 5.45. The van der Waals surface area contributed by atoms with Crippen molar-refractivity contribution in [2.45, 2.75) is 32.5 Å². The van der Waals surface area contributed by atoms with Crippen molar-refractivity contribution in [3.05, 3.63) is 29.6 Å². The molecular weight excluding hydrogens is 224 g/mol. The Morgan fingerprint density at radius 2 is 2.00 bits per heavy atom. The zero-order chi connectivity index (χ0) is 13.1. The van der Waals surface area contributed by atoms with Gasteiger partial charge in [-0.3, -0.25) is 0 Å². The summed E-state index contributed by atoms with van der Waals surface area (Å²) >= 11 is 0. The first-order valence-corrected chi connectivity index (χ1v) is 5.56. The predicted molar refractivity (Wildman–Crippen MR) is 64.6 cm³/mol. The molecule has 0 aliphatic carbocycles. The van der Waals surface area contributed by atoms with E-state index in [-0.39, 0.29) is 17.8 Å². The van der Waals surface area contributed by atoms with Crippen molar-refractivity contribution >= 4 is 0 Å². The van der Waals surface area contributed by atoms with Gasteiger partial charge in [0.05, 0.1) is 7.11 Å². The van der Waals surface area contributed by atoms with Crippen LogP contribution in [0, 0.1) is 5.82 Å². The molecule has 0 heterocycles. The lowest BCUT2D eigenvalue weighted by Crippen LogP contribution is -2.37. The van der Waals surface area contributed by atoms with Crippen LogP contribution in [0.1, 0.15) is 32.5 Å². The lowest BCUT2D eigenvalue weighted by molar-refractivity contribution is 0.290. The predicted octanol–water partition coefficient (Wildman–Crippen LogP) is 3.23. The van der Waals surface area contributed by atoms with Crippen LogP contribution in [-0.4, -0.2) is 19.2 Å². The van der Waals surface area contributed by atoms with Gasteiger partial charge in [0, 0.05) is 12.1 Å². The Balaban J connectivity index is 2.69. The van der Waals surface area contributed by atoms with Gasteiger partial charge in [0.25, 0.3) is 0 Å². The summed E-state index contributed by atoms with van der Waals surface area (Å²) in [7, 11) is 1.38. The molecule has 17 heavy (non-hydrogen) atoms. The van der Waals surface area contributed by atoms with Crippen molar-refractivity contribution in [2.75, 3.05) is 13.7 Å². The number of hydrogen-bond donors (Lipinski definition) is 1. The number of benzene rings is 1. The van der Waals surface area contributed by atoms with Crippen LogP contribution < -0.4 is 10.1 Å². The van der Waals surface area contributed by atoms with Crippen LogP contribution in [0.15, 0.2) is 18.2 Å². The molecule has 0 aromatic heterocycles. The Bertz CT molecular complexity index is 374. The summed E-state index contributed by atoms with van der Waals surface area (Å²) in [6, 6.07) is 4.15. The van der Waals surface area contributed by atoms with Crippen LogP contribution >= 0.6 is 0 Å². The Morgan fingerprint density at radius 1 is 1.35 bits per heavy atom. The first-order valence-electron chi connectivity index (χ1n) is 5.56. The van der Waals surface area contributed by atoms with Crippen LogP contribution in [0.4, 0.5) is 8.78 Å². The first-order chi connectivity index (χ1) is 7.83. The van der Waals surface area contributed by atoms with Gasteiger partial charge in [-0.15, -0.1) is 0 Å². The van der Waals surface area contributed by atoms with Gasteiger partial charge in [0.15, 0.2) is 11.6 Å². The van der Waals surface area contributed by atoms with Crippen LogP contribution in [0.3, 0.4) is 0 Å². The molecule has 1 unspecified atom stereocenters. The number of methoxy groups -OCH3 is 1. The molecule has 1 rings (SSSR count). The molecule has 0 aliphatic rings. The molecule has 0 fully saturated rings. The van der Waals surface area contributed by atoms with E-state index in [0.29, 0.717) is 5.56 Å². The smallest absolute Gasteiger partial charge is 0.165 e. The van der Waals surface area contributed by atoms with Gasteiger partial charge >= 0.3 is 0 Å². The number of halogens is 2. The highest BCUT2D eigenvalue weighted by atomic mass is 19.1. The van der Waals surface area contributed by atoms with Crippen molar-refractivity contribution < 1.29 is 13.5 Å². The van der Waals surface area contributed by atoms with E-state index in [9.17, 15) is 8.78 Å². The Hall–Kier alpha value is -1.16. The van der Waals surface area contributed by atoms with E-state index in [1.165, 1.54) is 25.3 Å². The Morgan fingerprint density at radius 3 is 2.47 bits per heavy atom. The van der Waals surface area contributed by atoms with Crippen molar-refractivity contribution in [1.82, 2.24) is 5.32 Å². The molecule has 2 nitrogen and oxygen atoms in total. The van der Waals surface area contributed by atoms with Crippen molar-refractivity contribution in [3.63, 3.8) is 0 Å². The van der Waals surface area contributed by atoms with Crippen molar-refractivity contribution in [3.8, 4) is 5.75 Å². The first kappa shape index (κ1) is 13.9. The molecule has 0 radical (unpaired) electrons. The highest BCUT2D eigenvalue weighted by Gasteiger charge is 2.16. The summed E-state index contributed by atoms with van der Waals surface area (Å²) in [4.78, 5) is 0. The fourth-order valence-electron chi connectivity index (χ4n) is 1.39. The van der Waals surface area contributed by atoms with Gasteiger partial charge in [0.1, 0.15) is 6.17 Å². The van der Waals surface area contributed by atoms with Gasteiger partial charge in [-0.25, -0.2) is 8.78 Å². The average Bonchev–Trinajstić information content (AvgIpc) is 2.24. The van der Waals surface area contributed by atoms with Crippen LogP contribution in [0.5, 0.6) is 5.75 Å². The Kier molecular flexibility index (Phi) is 4.46. The summed E-state index contributed by atoms with van der Waals surface area (Å²) < 4.78 is 32.0. The second-order valence-electron chi connectivity index (χ2n) is 4.99. The lowest BCUT2D eigenvalue weighted by Gasteiger charge is -2.22. The molecule has 1 aromatic rings. The van der Waals surface area contributed by atoms with E-state index in [0.717, 1.165) is 0 Å². The summed E-state index contributed by atoms with van der Waals surface area (Å²) in [6.07, 6.45) is -1.23. The normalized spacial score (nSPS) is 13.5. The standard InChI is InChI=1S/C13H19F2NO/c1-13(2,3)16-8-11(15)9-5-6-12(17-4)10(14)7-9/h5-7,11,16H,8H2,1-4H3. The number of hydrogen-bond acceptors (Lipinski definition) is 2.